The lowest BCUT2D eigenvalue weighted by Gasteiger charge is -2.42. The molecule has 1 heterocycles. The van der Waals surface area contributed by atoms with Crippen LogP contribution in [0.5, 0.6) is 0 Å². The Kier molecular flexibility index (Phi) is 9.20. The van der Waals surface area contributed by atoms with Gasteiger partial charge in [-0.25, -0.2) is 8.78 Å². The first kappa shape index (κ1) is 28.8. The second kappa shape index (κ2) is 12.4. The van der Waals surface area contributed by atoms with Crippen LogP contribution in [0.2, 0.25) is 0 Å². The van der Waals surface area contributed by atoms with E-state index in [0.29, 0.717) is 82.0 Å². The maximum absolute atomic E-state index is 15.1. The molecule has 1 aromatic carbocycles. The fourth-order valence-corrected chi connectivity index (χ4v) is 7.33. The number of benzene rings is 1. The van der Waals surface area contributed by atoms with Crippen molar-refractivity contribution in [3.05, 3.63) is 34.9 Å². The highest BCUT2D eigenvalue weighted by Crippen LogP contribution is 2.45. The predicted octanol–water partition coefficient (Wildman–Crippen LogP) is 8.09. The van der Waals surface area contributed by atoms with Gasteiger partial charge in [-0.05, 0) is 99.7 Å². The van der Waals surface area contributed by atoms with Gasteiger partial charge in [-0.1, -0.05) is 19.8 Å². The minimum absolute atomic E-state index is 0.137. The maximum atomic E-state index is 15.1. The Morgan fingerprint density at radius 3 is 1.92 bits per heavy atom. The van der Waals surface area contributed by atoms with E-state index in [1.165, 1.54) is 43.9 Å². The Morgan fingerprint density at radius 2 is 1.36 bits per heavy atom. The highest BCUT2D eigenvalue weighted by molar-refractivity contribution is 5.36. The first-order valence-corrected chi connectivity index (χ1v) is 14.9. The zero-order valence-corrected chi connectivity index (χ0v) is 22.9. The molecule has 216 valence electrons. The van der Waals surface area contributed by atoms with Crippen molar-refractivity contribution < 1.29 is 31.8 Å². The first-order chi connectivity index (χ1) is 18.7. The van der Waals surface area contributed by atoms with E-state index in [9.17, 15) is 8.78 Å². The monoisotopic (exact) mass is 551 g/mol. The molecular weight excluding hydrogens is 510 g/mol. The van der Waals surface area contributed by atoms with E-state index in [4.69, 9.17) is 19.5 Å². The molecule has 0 spiro atoms. The molecule has 5 rings (SSSR count). The molecule has 0 bridgehead atoms. The van der Waals surface area contributed by atoms with Crippen LogP contribution in [0.4, 0.5) is 17.6 Å². The summed E-state index contributed by atoms with van der Waals surface area (Å²) in [7, 11) is 0. The highest BCUT2D eigenvalue weighted by Gasteiger charge is 2.46. The summed E-state index contributed by atoms with van der Waals surface area (Å²) in [6, 6.07) is 3.91. The van der Waals surface area contributed by atoms with Gasteiger partial charge in [0.25, 0.3) is 0 Å². The molecule has 8 heteroatoms. The van der Waals surface area contributed by atoms with Crippen LogP contribution in [0, 0.1) is 52.6 Å². The summed E-state index contributed by atoms with van der Waals surface area (Å²) >= 11 is 0. The molecule has 4 nitrogen and oxygen atoms in total. The molecule has 4 aliphatic rings. The van der Waals surface area contributed by atoms with Gasteiger partial charge in [0, 0.05) is 11.8 Å². The molecule has 0 unspecified atom stereocenters. The Morgan fingerprint density at radius 1 is 0.795 bits per heavy atom. The Bertz CT molecular complexity index is 975. The van der Waals surface area contributed by atoms with E-state index < -0.39 is 35.3 Å². The molecule has 1 aliphatic heterocycles. The molecule has 3 saturated carbocycles. The fraction of sp³-hybridized carbons (Fsp3) is 0.774. The van der Waals surface area contributed by atoms with Crippen molar-refractivity contribution in [2.75, 3.05) is 13.2 Å². The van der Waals surface area contributed by atoms with Crippen molar-refractivity contribution in [2.45, 2.75) is 108 Å². The van der Waals surface area contributed by atoms with Crippen molar-refractivity contribution in [3.8, 4) is 6.07 Å². The molecule has 39 heavy (non-hydrogen) atoms. The summed E-state index contributed by atoms with van der Waals surface area (Å²) in [5, 5.41) is 8.86. The molecule has 4 fully saturated rings. The quantitative estimate of drug-likeness (QED) is 0.335. The molecule has 0 amide bonds. The maximum Gasteiger partial charge on any atom is 0.358 e. The van der Waals surface area contributed by atoms with E-state index in [-0.39, 0.29) is 18.1 Å². The van der Waals surface area contributed by atoms with Crippen molar-refractivity contribution >= 4 is 0 Å². The normalized spacial score (nSPS) is 36.3. The topological polar surface area (TPSA) is 51.5 Å². The Hall–Kier alpha value is -1.69. The summed E-state index contributed by atoms with van der Waals surface area (Å²) in [6.07, 6.45) is 4.87. The van der Waals surface area contributed by atoms with Crippen molar-refractivity contribution in [3.63, 3.8) is 0 Å². The SMILES string of the molecule is CC1CCC(C2COC(C3CCC(C(F)(F)OC4CCC(c5cc(F)c(C#N)c(F)c5)CC4)CC3)OC2)CC1. The lowest BCUT2D eigenvalue weighted by molar-refractivity contribution is -0.305. The Balaban J connectivity index is 1.05. The summed E-state index contributed by atoms with van der Waals surface area (Å²) in [5.41, 5.74) is -0.121. The smallest absolute Gasteiger partial charge is 0.352 e. The number of ether oxygens (including phenoxy) is 3. The van der Waals surface area contributed by atoms with E-state index in [2.05, 4.69) is 6.92 Å². The third-order valence-corrected chi connectivity index (χ3v) is 9.95. The highest BCUT2D eigenvalue weighted by atomic mass is 19.3. The van der Waals surface area contributed by atoms with E-state index >= 15 is 8.78 Å². The molecule has 1 aromatic rings. The average Bonchev–Trinajstić information content (AvgIpc) is 2.94. The lowest BCUT2D eigenvalue weighted by Crippen LogP contribution is -2.43. The van der Waals surface area contributed by atoms with Gasteiger partial charge < -0.3 is 14.2 Å². The van der Waals surface area contributed by atoms with E-state index in [1.807, 2.05) is 0 Å². The number of alkyl halides is 2. The number of halogens is 4. The van der Waals surface area contributed by atoms with E-state index in [1.54, 1.807) is 0 Å². The predicted molar refractivity (Wildman–Crippen MR) is 138 cm³/mol. The molecule has 0 N–H and O–H groups in total. The van der Waals surface area contributed by atoms with Crippen LogP contribution in [-0.2, 0) is 14.2 Å². The van der Waals surface area contributed by atoms with Crippen LogP contribution in [0.3, 0.4) is 0 Å². The molecule has 0 atom stereocenters. The number of hydrogen-bond acceptors (Lipinski definition) is 4. The third kappa shape index (κ3) is 6.80. The Labute approximate surface area is 229 Å². The number of rotatable bonds is 6. The van der Waals surface area contributed by atoms with Gasteiger partial charge in [0.05, 0.1) is 25.2 Å². The number of hydrogen-bond donors (Lipinski definition) is 0. The number of nitriles is 1. The zero-order valence-electron chi connectivity index (χ0n) is 22.9. The van der Waals surface area contributed by atoms with Crippen molar-refractivity contribution in [1.29, 1.82) is 5.26 Å². The van der Waals surface area contributed by atoms with Crippen molar-refractivity contribution in [1.82, 2.24) is 0 Å². The largest absolute Gasteiger partial charge is 0.358 e. The third-order valence-electron chi connectivity index (χ3n) is 9.95. The summed E-state index contributed by atoms with van der Waals surface area (Å²) in [6.45, 7) is 3.75. The van der Waals surface area contributed by atoms with Crippen LogP contribution < -0.4 is 0 Å². The van der Waals surface area contributed by atoms with Gasteiger partial charge >= 0.3 is 6.11 Å². The van der Waals surface area contributed by atoms with Gasteiger partial charge in [0.2, 0.25) is 0 Å². The van der Waals surface area contributed by atoms with Crippen LogP contribution in [0.15, 0.2) is 12.1 Å². The molecule has 3 aliphatic carbocycles. The van der Waals surface area contributed by atoms with E-state index in [0.717, 1.165) is 5.92 Å². The summed E-state index contributed by atoms with van der Waals surface area (Å²) < 4.78 is 75.9. The standard InChI is InChI=1S/C31H41F4NO3/c1-19-2-4-21(5-3-19)24-17-37-30(38-18-24)22-6-10-25(11-7-22)31(34,35)39-26-12-8-20(9-13-26)23-14-28(32)27(16-36)29(33)15-23/h14-15,19-22,24-26,30H,2-13,17-18H2,1H3. The molecule has 0 aromatic heterocycles. The minimum Gasteiger partial charge on any atom is -0.352 e. The second-order valence-electron chi connectivity index (χ2n) is 12.6. The van der Waals surface area contributed by atoms with Gasteiger partial charge in [-0.2, -0.15) is 14.0 Å². The second-order valence-corrected chi connectivity index (χ2v) is 12.6. The van der Waals surface area contributed by atoms with Crippen LogP contribution in [0.1, 0.15) is 101 Å². The lowest BCUT2D eigenvalue weighted by atomic mass is 9.76. The molecule has 0 radical (unpaired) electrons. The van der Waals surface area contributed by atoms with Gasteiger partial charge in [0.1, 0.15) is 23.3 Å². The molecule has 1 saturated heterocycles. The van der Waals surface area contributed by atoms with Crippen LogP contribution in [0.25, 0.3) is 0 Å². The fourth-order valence-electron chi connectivity index (χ4n) is 7.33. The molecular formula is C31H41F4NO3. The summed E-state index contributed by atoms with van der Waals surface area (Å²) in [5.74, 6) is -0.628. The van der Waals surface area contributed by atoms with Gasteiger partial charge in [0.15, 0.2) is 6.29 Å². The minimum atomic E-state index is -3.20. The first-order valence-electron chi connectivity index (χ1n) is 14.9. The van der Waals surface area contributed by atoms with Gasteiger partial charge in [-0.3, -0.25) is 0 Å². The number of nitrogens with zero attached hydrogens (tertiary/aromatic N) is 1. The zero-order chi connectivity index (χ0) is 27.6. The van der Waals surface area contributed by atoms with Crippen LogP contribution >= 0.6 is 0 Å². The average molecular weight is 552 g/mol. The van der Waals surface area contributed by atoms with Crippen molar-refractivity contribution in [2.24, 2.45) is 29.6 Å². The van der Waals surface area contributed by atoms with Gasteiger partial charge in [-0.15, -0.1) is 0 Å². The van der Waals surface area contributed by atoms with Crippen LogP contribution in [-0.4, -0.2) is 31.7 Å². The summed E-state index contributed by atoms with van der Waals surface area (Å²) in [4.78, 5) is 0.